The molecule has 0 saturated heterocycles. The molecule has 3 heteroatoms. The fourth-order valence-electron chi connectivity index (χ4n) is 0.158. The van der Waals surface area contributed by atoms with Gasteiger partial charge in [-0.2, -0.15) is 0 Å². The molecule has 2 nitrogen and oxygen atoms in total. The second-order valence-electron chi connectivity index (χ2n) is 1.55. The minimum Gasteiger partial charge on any atom is -0.396 e. The molecule has 0 aliphatic rings. The van der Waals surface area contributed by atoms with Crippen molar-refractivity contribution in [2.24, 2.45) is 0 Å². The molecule has 1 N–H and O–H groups in total. The maximum atomic E-state index is 9.21. The first-order valence-electron chi connectivity index (χ1n) is 2.92. The van der Waals surface area contributed by atoms with E-state index in [9.17, 15) is 4.79 Å². The summed E-state index contributed by atoms with van der Waals surface area (Å²) in [6, 6.07) is 0. The molecule has 0 radical (unpaired) electrons. The summed E-state index contributed by atoms with van der Waals surface area (Å²) >= 11 is 4.64. The number of unbranched alkanes of at least 4 members (excludes halogenated alkanes) is 1. The third-order valence-electron chi connectivity index (χ3n) is 0.512. The molecule has 0 fully saturated rings. The lowest BCUT2D eigenvalue weighted by molar-refractivity contribution is -0.109. The van der Waals surface area contributed by atoms with Crippen molar-refractivity contribution in [2.45, 2.75) is 26.7 Å². The first kappa shape index (κ1) is 11.7. The monoisotopic (exact) mass is 152 g/mol. The van der Waals surface area contributed by atoms with E-state index in [4.69, 9.17) is 5.11 Å². The molecule has 0 heterocycles. The van der Waals surface area contributed by atoms with Crippen LogP contribution in [0.15, 0.2) is 0 Å². The highest BCUT2D eigenvalue weighted by atomic mass is 35.5. The van der Waals surface area contributed by atoms with Gasteiger partial charge in [-0.05, 0) is 18.0 Å². The molecule has 0 bridgehead atoms. The van der Waals surface area contributed by atoms with Gasteiger partial charge in [-0.1, -0.05) is 13.3 Å². The standard InChI is InChI=1S/C4H10O.C2H3ClO/c1-2-3-4-5;1-2(3)4/h5H,2-4H2,1H3;1H3. The van der Waals surface area contributed by atoms with Crippen LogP contribution < -0.4 is 0 Å². The molecule has 0 amide bonds. The minimum atomic E-state index is -0.361. The Labute approximate surface area is 60.8 Å². The van der Waals surface area contributed by atoms with Crippen LogP contribution in [0.5, 0.6) is 0 Å². The van der Waals surface area contributed by atoms with E-state index in [1.54, 1.807) is 0 Å². The molecule has 0 aliphatic heterocycles. The molecular weight excluding hydrogens is 140 g/mol. The third kappa shape index (κ3) is 75.3. The maximum Gasteiger partial charge on any atom is 0.218 e. The number of carbonyl (C=O) groups is 1. The molecule has 0 aromatic heterocycles. The van der Waals surface area contributed by atoms with Crippen molar-refractivity contribution < 1.29 is 9.90 Å². The van der Waals surface area contributed by atoms with Crippen LogP contribution in [0.2, 0.25) is 0 Å². The van der Waals surface area contributed by atoms with Crippen LogP contribution in [0.4, 0.5) is 0 Å². The molecule has 0 aliphatic carbocycles. The topological polar surface area (TPSA) is 37.3 Å². The number of aliphatic hydroxyl groups excluding tert-OH is 1. The minimum absolute atomic E-state index is 0.344. The number of halogens is 1. The van der Waals surface area contributed by atoms with E-state index in [-0.39, 0.29) is 5.24 Å². The molecular formula is C6H13ClO2. The van der Waals surface area contributed by atoms with Crippen molar-refractivity contribution in [2.75, 3.05) is 6.61 Å². The third-order valence-corrected chi connectivity index (χ3v) is 0.512. The van der Waals surface area contributed by atoms with E-state index in [1.165, 1.54) is 6.92 Å². The van der Waals surface area contributed by atoms with Crippen molar-refractivity contribution in [3.63, 3.8) is 0 Å². The quantitative estimate of drug-likeness (QED) is 0.610. The summed E-state index contributed by atoms with van der Waals surface area (Å²) < 4.78 is 0. The summed E-state index contributed by atoms with van der Waals surface area (Å²) in [6.07, 6.45) is 2.04. The van der Waals surface area contributed by atoms with E-state index >= 15 is 0 Å². The normalized spacial score (nSPS) is 7.56. The zero-order chi connectivity index (χ0) is 7.70. The Morgan fingerprint density at radius 2 is 2.00 bits per heavy atom. The van der Waals surface area contributed by atoms with Crippen LogP contribution in [0.3, 0.4) is 0 Å². The van der Waals surface area contributed by atoms with Crippen molar-refractivity contribution in [1.82, 2.24) is 0 Å². The lowest BCUT2D eigenvalue weighted by Gasteiger charge is -1.79. The van der Waals surface area contributed by atoms with Gasteiger partial charge in [0.15, 0.2) is 0 Å². The number of aliphatic hydroxyl groups is 1. The summed E-state index contributed by atoms with van der Waals surface area (Å²) in [5.74, 6) is 0. The van der Waals surface area contributed by atoms with E-state index in [0.717, 1.165) is 12.8 Å². The summed E-state index contributed by atoms with van der Waals surface area (Å²) in [5, 5.41) is 7.71. The van der Waals surface area contributed by atoms with Crippen LogP contribution >= 0.6 is 11.6 Å². The molecule has 0 aromatic rings. The van der Waals surface area contributed by atoms with Gasteiger partial charge in [0.25, 0.3) is 0 Å². The maximum absolute atomic E-state index is 9.21. The smallest absolute Gasteiger partial charge is 0.218 e. The van der Waals surface area contributed by atoms with Crippen molar-refractivity contribution in [3.05, 3.63) is 0 Å². The van der Waals surface area contributed by atoms with E-state index < -0.39 is 0 Å². The second kappa shape index (κ2) is 10.8. The highest BCUT2D eigenvalue weighted by molar-refractivity contribution is 6.62. The molecule has 0 spiro atoms. The van der Waals surface area contributed by atoms with Gasteiger partial charge in [0.05, 0.1) is 0 Å². The molecule has 0 unspecified atom stereocenters. The number of carbonyl (C=O) groups excluding carboxylic acids is 1. The Morgan fingerprint density at radius 1 is 1.67 bits per heavy atom. The number of hydrogen-bond acceptors (Lipinski definition) is 2. The highest BCUT2D eigenvalue weighted by Gasteiger charge is 1.69. The average molecular weight is 153 g/mol. The zero-order valence-electron chi connectivity index (χ0n) is 5.85. The van der Waals surface area contributed by atoms with Gasteiger partial charge in [0, 0.05) is 13.5 Å². The highest BCUT2D eigenvalue weighted by Crippen LogP contribution is 1.78. The van der Waals surface area contributed by atoms with E-state index in [1.807, 2.05) is 0 Å². The van der Waals surface area contributed by atoms with Crippen LogP contribution in [0, 0.1) is 0 Å². The zero-order valence-corrected chi connectivity index (χ0v) is 6.61. The van der Waals surface area contributed by atoms with Crippen LogP contribution in [0.25, 0.3) is 0 Å². The lowest BCUT2D eigenvalue weighted by Crippen LogP contribution is -1.75. The van der Waals surface area contributed by atoms with Crippen LogP contribution in [0.1, 0.15) is 26.7 Å². The fraction of sp³-hybridized carbons (Fsp3) is 0.833. The molecule has 56 valence electrons. The van der Waals surface area contributed by atoms with Gasteiger partial charge in [0.2, 0.25) is 5.24 Å². The summed E-state index contributed by atoms with van der Waals surface area (Å²) in [5.41, 5.74) is 0. The lowest BCUT2D eigenvalue weighted by atomic mass is 10.4. The van der Waals surface area contributed by atoms with Gasteiger partial charge in [-0.3, -0.25) is 4.79 Å². The largest absolute Gasteiger partial charge is 0.396 e. The van der Waals surface area contributed by atoms with Crippen LogP contribution in [-0.2, 0) is 4.79 Å². The Balaban J connectivity index is 0. The number of hydrogen-bond donors (Lipinski definition) is 1. The van der Waals surface area contributed by atoms with E-state index in [0.29, 0.717) is 6.61 Å². The Hall–Kier alpha value is -0.0800. The average Bonchev–Trinajstić information content (AvgIpc) is 1.66. The van der Waals surface area contributed by atoms with Crippen LogP contribution in [-0.4, -0.2) is 17.0 Å². The van der Waals surface area contributed by atoms with Crippen molar-refractivity contribution >= 4 is 16.8 Å². The van der Waals surface area contributed by atoms with Gasteiger partial charge >= 0.3 is 0 Å². The summed E-state index contributed by atoms with van der Waals surface area (Å²) in [7, 11) is 0. The summed E-state index contributed by atoms with van der Waals surface area (Å²) in [6.45, 7) is 3.69. The Morgan fingerprint density at radius 3 is 2.00 bits per heavy atom. The first-order valence-corrected chi connectivity index (χ1v) is 3.29. The first-order chi connectivity index (χ1) is 4.15. The predicted molar refractivity (Wildman–Crippen MR) is 38.5 cm³/mol. The molecule has 0 atom stereocenters. The second-order valence-corrected chi connectivity index (χ2v) is 2.08. The van der Waals surface area contributed by atoms with Gasteiger partial charge < -0.3 is 5.11 Å². The Bertz CT molecular complexity index is 58.1. The van der Waals surface area contributed by atoms with Gasteiger partial charge in [0.1, 0.15) is 0 Å². The summed E-state index contributed by atoms with van der Waals surface area (Å²) in [4.78, 5) is 9.21. The van der Waals surface area contributed by atoms with Crippen molar-refractivity contribution in [1.29, 1.82) is 0 Å². The number of rotatable bonds is 2. The molecule has 0 saturated carbocycles. The molecule has 0 rings (SSSR count). The van der Waals surface area contributed by atoms with Gasteiger partial charge in [-0.25, -0.2) is 0 Å². The molecule has 9 heavy (non-hydrogen) atoms. The van der Waals surface area contributed by atoms with Gasteiger partial charge in [-0.15, -0.1) is 0 Å². The fourth-order valence-corrected chi connectivity index (χ4v) is 0.158. The Kier molecular flexibility index (Phi) is 14.0. The van der Waals surface area contributed by atoms with E-state index in [2.05, 4.69) is 18.5 Å². The van der Waals surface area contributed by atoms with Crippen molar-refractivity contribution in [3.8, 4) is 0 Å². The molecule has 0 aromatic carbocycles. The SMILES string of the molecule is CC(=O)Cl.CCCCO. The predicted octanol–water partition coefficient (Wildman–Crippen LogP) is 1.55.